The van der Waals surface area contributed by atoms with Crippen molar-refractivity contribution in [3.63, 3.8) is 0 Å². The minimum atomic E-state index is -0.449. The van der Waals surface area contributed by atoms with E-state index in [1.807, 2.05) is 25.1 Å². The molecular weight excluding hydrogens is 359 g/mol. The lowest BCUT2D eigenvalue weighted by atomic mass is 9.74. The third-order valence-electron chi connectivity index (χ3n) is 5.64. The van der Waals surface area contributed by atoms with Crippen molar-refractivity contribution in [1.82, 2.24) is 10.3 Å². The fraction of sp³-hybridized carbons (Fsp3) is 0.526. The molecule has 2 aliphatic rings. The number of fused-ring (bicyclic) bond motifs is 3. The van der Waals surface area contributed by atoms with Crippen LogP contribution in [0, 0.1) is 5.41 Å². The third-order valence-corrected chi connectivity index (χ3v) is 5.88. The molecule has 25 heavy (non-hydrogen) atoms. The van der Waals surface area contributed by atoms with Crippen LogP contribution in [0.2, 0.25) is 5.02 Å². The zero-order valence-electron chi connectivity index (χ0n) is 14.4. The van der Waals surface area contributed by atoms with Gasteiger partial charge in [-0.2, -0.15) is 0 Å². The second-order valence-corrected chi connectivity index (χ2v) is 7.36. The van der Waals surface area contributed by atoms with Gasteiger partial charge in [-0.05, 0) is 56.5 Å². The third kappa shape index (κ3) is 2.94. The van der Waals surface area contributed by atoms with Crippen LogP contribution in [0.25, 0.3) is 10.9 Å². The van der Waals surface area contributed by atoms with E-state index < -0.39 is 5.41 Å². The number of carbonyl (C=O) groups excluding carboxylic acids is 1. The molecule has 4 rings (SSSR count). The van der Waals surface area contributed by atoms with Crippen LogP contribution in [-0.4, -0.2) is 24.1 Å². The Balaban J connectivity index is 0.00000182. The molecule has 2 heterocycles. The number of hydrogen-bond donors (Lipinski definition) is 2. The highest BCUT2D eigenvalue weighted by atomic mass is 35.5. The van der Waals surface area contributed by atoms with Crippen LogP contribution in [0.3, 0.4) is 0 Å². The molecule has 0 bridgehead atoms. The number of benzene rings is 1. The van der Waals surface area contributed by atoms with Crippen molar-refractivity contribution >= 4 is 40.9 Å². The molecule has 0 amide bonds. The quantitative estimate of drug-likeness (QED) is 0.765. The highest BCUT2D eigenvalue weighted by Crippen LogP contribution is 2.50. The van der Waals surface area contributed by atoms with Gasteiger partial charge in [0.2, 0.25) is 0 Å². The maximum Gasteiger partial charge on any atom is 0.314 e. The van der Waals surface area contributed by atoms with E-state index in [9.17, 15) is 4.79 Å². The van der Waals surface area contributed by atoms with E-state index in [4.69, 9.17) is 16.3 Å². The highest BCUT2D eigenvalue weighted by Gasteiger charge is 2.51. The molecule has 6 heteroatoms. The lowest BCUT2D eigenvalue weighted by molar-refractivity contribution is -0.157. The summed E-state index contributed by atoms with van der Waals surface area (Å²) < 4.78 is 5.48. The van der Waals surface area contributed by atoms with Gasteiger partial charge in [0.1, 0.15) is 0 Å². The van der Waals surface area contributed by atoms with Crippen molar-refractivity contribution in [3.05, 3.63) is 34.5 Å². The predicted molar refractivity (Wildman–Crippen MR) is 103 cm³/mol. The van der Waals surface area contributed by atoms with Crippen LogP contribution < -0.4 is 5.32 Å². The molecule has 1 aliphatic heterocycles. The Morgan fingerprint density at radius 1 is 1.36 bits per heavy atom. The largest absolute Gasteiger partial charge is 0.466 e. The number of aromatic amines is 1. The topological polar surface area (TPSA) is 54.1 Å². The number of hydrogen-bond acceptors (Lipinski definition) is 3. The lowest BCUT2D eigenvalue weighted by Gasteiger charge is -2.38. The van der Waals surface area contributed by atoms with Gasteiger partial charge in [0.15, 0.2) is 0 Å². The molecule has 1 aromatic carbocycles. The second kappa shape index (κ2) is 7.18. The molecule has 4 nitrogen and oxygen atoms in total. The number of aromatic nitrogens is 1. The van der Waals surface area contributed by atoms with Crippen molar-refractivity contribution < 1.29 is 9.53 Å². The maximum atomic E-state index is 12.8. The van der Waals surface area contributed by atoms with Gasteiger partial charge in [-0.25, -0.2) is 0 Å². The summed E-state index contributed by atoms with van der Waals surface area (Å²) in [6.45, 7) is 3.19. The van der Waals surface area contributed by atoms with Gasteiger partial charge < -0.3 is 15.0 Å². The smallest absolute Gasteiger partial charge is 0.314 e. The number of carbonyl (C=O) groups is 1. The van der Waals surface area contributed by atoms with Crippen LogP contribution in [0.15, 0.2) is 18.2 Å². The Labute approximate surface area is 159 Å². The van der Waals surface area contributed by atoms with Crippen molar-refractivity contribution in [2.75, 3.05) is 13.2 Å². The zero-order chi connectivity index (χ0) is 16.7. The van der Waals surface area contributed by atoms with E-state index >= 15 is 0 Å². The van der Waals surface area contributed by atoms with Crippen molar-refractivity contribution in [2.24, 2.45) is 5.41 Å². The van der Waals surface area contributed by atoms with Crippen molar-refractivity contribution in [3.8, 4) is 0 Å². The normalized spacial score (nSPS) is 21.6. The van der Waals surface area contributed by atoms with Gasteiger partial charge in [0.05, 0.1) is 18.1 Å². The first-order chi connectivity index (χ1) is 11.7. The first kappa shape index (κ1) is 18.6. The van der Waals surface area contributed by atoms with Gasteiger partial charge in [0.25, 0.3) is 0 Å². The molecule has 1 unspecified atom stereocenters. The molecule has 2 N–H and O–H groups in total. The zero-order valence-corrected chi connectivity index (χ0v) is 15.9. The van der Waals surface area contributed by atoms with Gasteiger partial charge in [-0.1, -0.05) is 24.4 Å². The first-order valence-electron chi connectivity index (χ1n) is 8.86. The summed E-state index contributed by atoms with van der Waals surface area (Å²) in [5.41, 5.74) is 3.09. The second-order valence-electron chi connectivity index (χ2n) is 6.93. The molecule has 2 aromatic rings. The number of esters is 1. The van der Waals surface area contributed by atoms with Gasteiger partial charge in [-0.3, -0.25) is 4.79 Å². The predicted octanol–water partition coefficient (Wildman–Crippen LogP) is 4.55. The molecule has 1 aliphatic carbocycles. The summed E-state index contributed by atoms with van der Waals surface area (Å²) in [4.78, 5) is 16.4. The summed E-state index contributed by atoms with van der Waals surface area (Å²) in [5.74, 6) is -0.0514. The molecule has 0 saturated heterocycles. The Hall–Kier alpha value is -1.23. The van der Waals surface area contributed by atoms with E-state index in [1.165, 1.54) is 10.9 Å². The van der Waals surface area contributed by atoms with Crippen LogP contribution in [0.4, 0.5) is 0 Å². The Morgan fingerprint density at radius 3 is 2.84 bits per heavy atom. The van der Waals surface area contributed by atoms with E-state index in [0.29, 0.717) is 6.61 Å². The monoisotopic (exact) mass is 382 g/mol. The molecule has 1 fully saturated rings. The number of ether oxygens (including phenoxy) is 1. The molecule has 136 valence electrons. The average Bonchev–Trinajstić information content (AvgIpc) is 3.20. The Kier molecular flexibility index (Phi) is 5.33. The SMILES string of the molecule is CCOC(=O)C1(C2NCCc3c2[nH]c2ccc(Cl)cc32)CCCC1.Cl. The first-order valence-corrected chi connectivity index (χ1v) is 9.24. The molecular formula is C19H24Cl2N2O2. The summed E-state index contributed by atoms with van der Waals surface area (Å²) in [7, 11) is 0. The molecule has 0 radical (unpaired) electrons. The standard InChI is InChI=1S/C19H23ClN2O2.ClH/c1-2-24-18(23)19(8-3-4-9-19)17-16-13(7-10-21-17)14-11-12(20)5-6-15(14)22-16;/h5-6,11,17,21-22H,2-4,7-10H2,1H3;1H. The van der Waals surface area contributed by atoms with E-state index in [1.54, 1.807) is 0 Å². The fourth-order valence-corrected chi connectivity index (χ4v) is 4.74. The van der Waals surface area contributed by atoms with Gasteiger partial charge in [0, 0.05) is 21.6 Å². The van der Waals surface area contributed by atoms with E-state index in [2.05, 4.69) is 10.3 Å². The minimum absolute atomic E-state index is 0. The summed E-state index contributed by atoms with van der Waals surface area (Å²) in [5, 5.41) is 5.54. The number of H-pyrrole nitrogens is 1. The van der Waals surface area contributed by atoms with Crippen LogP contribution in [0.5, 0.6) is 0 Å². The van der Waals surface area contributed by atoms with Crippen molar-refractivity contribution in [2.45, 2.75) is 45.1 Å². The Morgan fingerprint density at radius 2 is 2.12 bits per heavy atom. The molecule has 1 saturated carbocycles. The van der Waals surface area contributed by atoms with Gasteiger partial charge >= 0.3 is 5.97 Å². The molecule has 1 aromatic heterocycles. The number of nitrogens with one attached hydrogen (secondary N) is 2. The van der Waals surface area contributed by atoms with Crippen LogP contribution >= 0.6 is 24.0 Å². The van der Waals surface area contributed by atoms with E-state index in [-0.39, 0.29) is 24.4 Å². The number of halogens is 2. The summed E-state index contributed by atoms with van der Waals surface area (Å²) in [6.07, 6.45) is 4.89. The average molecular weight is 383 g/mol. The van der Waals surface area contributed by atoms with E-state index in [0.717, 1.165) is 54.9 Å². The maximum absolute atomic E-state index is 12.8. The van der Waals surface area contributed by atoms with Gasteiger partial charge in [-0.15, -0.1) is 12.4 Å². The van der Waals surface area contributed by atoms with Crippen LogP contribution in [0.1, 0.15) is 49.9 Å². The fourth-order valence-electron chi connectivity index (χ4n) is 4.56. The minimum Gasteiger partial charge on any atom is -0.466 e. The van der Waals surface area contributed by atoms with Crippen LogP contribution in [-0.2, 0) is 16.0 Å². The summed E-state index contributed by atoms with van der Waals surface area (Å²) >= 11 is 6.20. The van der Waals surface area contributed by atoms with Crippen molar-refractivity contribution in [1.29, 1.82) is 0 Å². The summed E-state index contributed by atoms with van der Waals surface area (Å²) in [6, 6.07) is 5.96. The Bertz CT molecular complexity index is 781. The number of rotatable bonds is 3. The molecule has 0 spiro atoms. The lowest BCUT2D eigenvalue weighted by Crippen LogP contribution is -2.46. The molecule has 1 atom stereocenters. The highest BCUT2D eigenvalue weighted by molar-refractivity contribution is 6.31.